The average molecular weight is 251 g/mol. The Kier molecular flexibility index (Phi) is 3.01. The van der Waals surface area contributed by atoms with Gasteiger partial charge >= 0.3 is 0 Å². The molecule has 2 rings (SSSR count). The van der Waals surface area contributed by atoms with Crippen molar-refractivity contribution in [2.45, 2.75) is 0 Å². The maximum atomic E-state index is 5.95. The van der Waals surface area contributed by atoms with Crippen molar-refractivity contribution in [3.8, 4) is 16.9 Å². The van der Waals surface area contributed by atoms with Crippen LogP contribution in [0.5, 0.6) is 5.75 Å². The number of ether oxygens (including phenoxy) is 1. The van der Waals surface area contributed by atoms with Crippen molar-refractivity contribution in [3.05, 3.63) is 29.4 Å². The van der Waals surface area contributed by atoms with Crippen molar-refractivity contribution in [1.29, 1.82) is 0 Å². The summed E-state index contributed by atoms with van der Waals surface area (Å²) in [5.41, 5.74) is 12.6. The zero-order valence-electron chi connectivity index (χ0n) is 9.14. The quantitative estimate of drug-likeness (QED) is 0.851. The molecule has 17 heavy (non-hydrogen) atoms. The lowest BCUT2D eigenvalue weighted by atomic mass is 10.1. The van der Waals surface area contributed by atoms with Gasteiger partial charge in [-0.1, -0.05) is 11.6 Å². The number of nitrogen functional groups attached to an aromatic ring is 2. The molecule has 1 heterocycles. The lowest BCUT2D eigenvalue weighted by molar-refractivity contribution is 0.416. The second-order valence-corrected chi connectivity index (χ2v) is 3.81. The van der Waals surface area contributed by atoms with Crippen molar-refractivity contribution in [2.75, 3.05) is 18.6 Å². The number of hydrogen-bond donors (Lipinski definition) is 2. The average Bonchev–Trinajstić information content (AvgIpc) is 2.29. The Labute approximate surface area is 103 Å². The fraction of sp³-hybridized carbons (Fsp3) is 0.0909. The van der Waals surface area contributed by atoms with Crippen LogP contribution in [0.3, 0.4) is 0 Å². The predicted octanol–water partition coefficient (Wildman–Crippen LogP) is 1.97. The SMILES string of the molecule is COc1ccc(Cl)cc1-c1cnc(N)nc1N. The zero-order valence-corrected chi connectivity index (χ0v) is 9.90. The van der Waals surface area contributed by atoms with Crippen LogP contribution in [-0.2, 0) is 0 Å². The van der Waals surface area contributed by atoms with Crippen LogP contribution in [0.25, 0.3) is 11.1 Å². The van der Waals surface area contributed by atoms with Gasteiger partial charge in [0.15, 0.2) is 0 Å². The Morgan fingerprint density at radius 2 is 2.00 bits per heavy atom. The number of rotatable bonds is 2. The Morgan fingerprint density at radius 1 is 1.24 bits per heavy atom. The molecule has 0 saturated heterocycles. The van der Waals surface area contributed by atoms with Gasteiger partial charge < -0.3 is 16.2 Å². The summed E-state index contributed by atoms with van der Waals surface area (Å²) in [5.74, 6) is 1.07. The van der Waals surface area contributed by atoms with E-state index in [1.165, 1.54) is 0 Å². The molecule has 0 fully saturated rings. The van der Waals surface area contributed by atoms with Gasteiger partial charge in [-0.2, -0.15) is 4.98 Å². The molecule has 0 aliphatic rings. The maximum absolute atomic E-state index is 5.95. The molecule has 6 heteroatoms. The van der Waals surface area contributed by atoms with Gasteiger partial charge in [-0.05, 0) is 18.2 Å². The summed E-state index contributed by atoms with van der Waals surface area (Å²) in [5, 5.41) is 0.581. The van der Waals surface area contributed by atoms with Crippen LogP contribution in [0.4, 0.5) is 11.8 Å². The second kappa shape index (κ2) is 4.47. The largest absolute Gasteiger partial charge is 0.496 e. The number of benzene rings is 1. The first-order valence-electron chi connectivity index (χ1n) is 4.83. The molecule has 0 aliphatic carbocycles. The molecule has 5 nitrogen and oxygen atoms in total. The summed E-state index contributed by atoms with van der Waals surface area (Å²) in [6.07, 6.45) is 1.55. The molecule has 1 aromatic carbocycles. The number of nitrogens with two attached hydrogens (primary N) is 2. The molecule has 1 aromatic heterocycles. The van der Waals surface area contributed by atoms with Crippen molar-refractivity contribution in [3.63, 3.8) is 0 Å². The Balaban J connectivity index is 2.62. The van der Waals surface area contributed by atoms with Crippen LogP contribution < -0.4 is 16.2 Å². The van der Waals surface area contributed by atoms with Gasteiger partial charge in [0.1, 0.15) is 11.6 Å². The Morgan fingerprint density at radius 3 is 2.65 bits per heavy atom. The van der Waals surface area contributed by atoms with Crippen LogP contribution in [0.2, 0.25) is 5.02 Å². The van der Waals surface area contributed by atoms with Gasteiger partial charge in [-0.25, -0.2) is 4.98 Å². The van der Waals surface area contributed by atoms with E-state index in [1.54, 1.807) is 31.5 Å². The van der Waals surface area contributed by atoms with E-state index in [2.05, 4.69) is 9.97 Å². The van der Waals surface area contributed by atoms with E-state index in [1.807, 2.05) is 0 Å². The molecule has 4 N–H and O–H groups in total. The summed E-state index contributed by atoms with van der Waals surface area (Å²) >= 11 is 5.95. The van der Waals surface area contributed by atoms with Gasteiger partial charge in [0, 0.05) is 22.3 Å². The standard InChI is InChI=1S/C11H11ClN4O/c1-17-9-3-2-6(12)4-7(9)8-5-15-11(14)16-10(8)13/h2-5H,1H3,(H4,13,14,15,16). The third-order valence-corrected chi connectivity index (χ3v) is 2.52. The van der Waals surface area contributed by atoms with E-state index in [9.17, 15) is 0 Å². The van der Waals surface area contributed by atoms with E-state index in [0.717, 1.165) is 5.56 Å². The highest BCUT2D eigenvalue weighted by molar-refractivity contribution is 6.31. The lowest BCUT2D eigenvalue weighted by Crippen LogP contribution is -2.01. The zero-order chi connectivity index (χ0) is 12.4. The predicted molar refractivity (Wildman–Crippen MR) is 67.9 cm³/mol. The van der Waals surface area contributed by atoms with Gasteiger partial charge in [-0.3, -0.25) is 0 Å². The molecule has 0 bridgehead atoms. The third kappa shape index (κ3) is 2.24. The second-order valence-electron chi connectivity index (χ2n) is 3.37. The van der Waals surface area contributed by atoms with E-state index in [4.69, 9.17) is 27.8 Å². The number of halogens is 1. The summed E-state index contributed by atoms with van der Waals surface area (Å²) in [4.78, 5) is 7.81. The topological polar surface area (TPSA) is 87.0 Å². The normalized spacial score (nSPS) is 10.2. The summed E-state index contributed by atoms with van der Waals surface area (Å²) < 4.78 is 5.24. The Bertz CT molecular complexity index is 559. The van der Waals surface area contributed by atoms with Gasteiger partial charge in [0.25, 0.3) is 0 Å². The molecule has 0 unspecified atom stereocenters. The lowest BCUT2D eigenvalue weighted by Gasteiger charge is -2.10. The number of nitrogens with zero attached hydrogens (tertiary/aromatic N) is 2. The summed E-state index contributed by atoms with van der Waals surface area (Å²) in [6, 6.07) is 5.23. The highest BCUT2D eigenvalue weighted by Gasteiger charge is 2.11. The van der Waals surface area contributed by atoms with Crippen LogP contribution in [-0.4, -0.2) is 17.1 Å². The fourth-order valence-electron chi connectivity index (χ4n) is 1.51. The minimum Gasteiger partial charge on any atom is -0.496 e. The molecule has 88 valence electrons. The van der Waals surface area contributed by atoms with Crippen LogP contribution in [0.1, 0.15) is 0 Å². The van der Waals surface area contributed by atoms with Crippen molar-refractivity contribution < 1.29 is 4.74 Å². The first-order chi connectivity index (χ1) is 8.11. The monoisotopic (exact) mass is 250 g/mol. The molecule has 0 radical (unpaired) electrons. The van der Waals surface area contributed by atoms with Crippen LogP contribution >= 0.6 is 11.6 Å². The van der Waals surface area contributed by atoms with Gasteiger partial charge in [-0.15, -0.1) is 0 Å². The molecule has 2 aromatic rings. The number of aromatic nitrogens is 2. The van der Waals surface area contributed by atoms with Crippen LogP contribution in [0.15, 0.2) is 24.4 Å². The van der Waals surface area contributed by atoms with E-state index < -0.39 is 0 Å². The number of methoxy groups -OCH3 is 1. The Hall–Kier alpha value is -2.01. The molecular formula is C11H11ClN4O. The van der Waals surface area contributed by atoms with Crippen molar-refractivity contribution >= 4 is 23.4 Å². The first-order valence-corrected chi connectivity index (χ1v) is 5.21. The van der Waals surface area contributed by atoms with Crippen LogP contribution in [0, 0.1) is 0 Å². The highest BCUT2D eigenvalue weighted by Crippen LogP contribution is 2.34. The first kappa shape index (κ1) is 11.5. The van der Waals surface area contributed by atoms with E-state index in [-0.39, 0.29) is 11.8 Å². The van der Waals surface area contributed by atoms with E-state index in [0.29, 0.717) is 16.3 Å². The van der Waals surface area contributed by atoms with Crippen molar-refractivity contribution in [2.24, 2.45) is 0 Å². The molecule has 0 saturated carbocycles. The van der Waals surface area contributed by atoms with E-state index >= 15 is 0 Å². The third-order valence-electron chi connectivity index (χ3n) is 2.29. The number of anilines is 2. The van der Waals surface area contributed by atoms with Crippen molar-refractivity contribution in [1.82, 2.24) is 9.97 Å². The highest BCUT2D eigenvalue weighted by atomic mass is 35.5. The maximum Gasteiger partial charge on any atom is 0.221 e. The molecule has 0 amide bonds. The summed E-state index contributed by atoms with van der Waals surface area (Å²) in [6.45, 7) is 0. The molecule has 0 spiro atoms. The fourth-order valence-corrected chi connectivity index (χ4v) is 1.68. The summed E-state index contributed by atoms with van der Waals surface area (Å²) in [7, 11) is 1.57. The van der Waals surface area contributed by atoms with Gasteiger partial charge in [0.2, 0.25) is 5.95 Å². The minimum atomic E-state index is 0.132. The van der Waals surface area contributed by atoms with Gasteiger partial charge in [0.05, 0.1) is 7.11 Å². The number of hydrogen-bond acceptors (Lipinski definition) is 5. The molecule has 0 aliphatic heterocycles. The molecule has 0 atom stereocenters. The smallest absolute Gasteiger partial charge is 0.221 e. The minimum absolute atomic E-state index is 0.132. The molecular weight excluding hydrogens is 240 g/mol.